The minimum atomic E-state index is -4.05. The van der Waals surface area contributed by atoms with E-state index in [4.69, 9.17) is 5.14 Å². The lowest BCUT2D eigenvalue weighted by Crippen LogP contribution is -2.34. The number of hydrogen-bond acceptors (Lipinski definition) is 3. The molecular formula is C12H17F2N3O3S. The number of aromatic nitrogens is 1. The van der Waals surface area contributed by atoms with E-state index >= 15 is 0 Å². The molecule has 1 aromatic rings. The van der Waals surface area contributed by atoms with Crippen LogP contribution < -0.4 is 5.14 Å². The molecule has 1 amide bonds. The summed E-state index contributed by atoms with van der Waals surface area (Å²) in [7, 11) is -4.05. The second kappa shape index (κ2) is 5.72. The van der Waals surface area contributed by atoms with E-state index in [-0.39, 0.29) is 16.6 Å². The zero-order chi connectivity index (χ0) is 15.8. The van der Waals surface area contributed by atoms with Crippen molar-refractivity contribution in [2.75, 3.05) is 6.54 Å². The molecule has 1 fully saturated rings. The fourth-order valence-electron chi connectivity index (χ4n) is 2.22. The molecule has 0 saturated heterocycles. The predicted octanol–water partition coefficient (Wildman–Crippen LogP) is 1.03. The SMILES string of the molecule is CCN(C(=O)c1cc(S(N)(=O)=O)cn1CC(F)F)C1CC1. The van der Waals surface area contributed by atoms with E-state index < -0.39 is 28.9 Å². The van der Waals surface area contributed by atoms with Crippen molar-refractivity contribution in [2.24, 2.45) is 5.14 Å². The van der Waals surface area contributed by atoms with E-state index in [1.54, 1.807) is 11.8 Å². The van der Waals surface area contributed by atoms with Gasteiger partial charge in [-0.1, -0.05) is 0 Å². The van der Waals surface area contributed by atoms with Crippen LogP contribution in [0.4, 0.5) is 8.78 Å². The number of rotatable bonds is 6. The Bertz CT molecular complexity index is 638. The van der Waals surface area contributed by atoms with Crippen LogP contribution in [0.25, 0.3) is 0 Å². The Kier molecular flexibility index (Phi) is 4.33. The molecule has 0 atom stereocenters. The number of halogens is 2. The molecule has 0 aromatic carbocycles. The largest absolute Gasteiger partial charge is 0.336 e. The molecule has 0 bridgehead atoms. The first kappa shape index (κ1) is 15.9. The van der Waals surface area contributed by atoms with Gasteiger partial charge < -0.3 is 9.47 Å². The Morgan fingerprint density at radius 1 is 1.52 bits per heavy atom. The highest BCUT2D eigenvalue weighted by atomic mass is 32.2. The molecule has 2 N–H and O–H groups in total. The second-order valence-corrected chi connectivity index (χ2v) is 6.53. The maximum absolute atomic E-state index is 12.6. The molecule has 6 nitrogen and oxygen atoms in total. The lowest BCUT2D eigenvalue weighted by atomic mass is 10.3. The van der Waals surface area contributed by atoms with Crippen molar-refractivity contribution in [3.63, 3.8) is 0 Å². The van der Waals surface area contributed by atoms with E-state index in [0.717, 1.165) is 29.7 Å². The Hall–Kier alpha value is -1.48. The number of primary sulfonamides is 1. The summed E-state index contributed by atoms with van der Waals surface area (Å²) in [6.45, 7) is 1.48. The highest BCUT2D eigenvalue weighted by molar-refractivity contribution is 7.89. The summed E-state index contributed by atoms with van der Waals surface area (Å²) in [6.07, 6.45) is 0.0254. The first-order valence-electron chi connectivity index (χ1n) is 6.56. The van der Waals surface area contributed by atoms with Crippen molar-refractivity contribution in [3.05, 3.63) is 18.0 Å². The average molecular weight is 321 g/mol. The molecule has 0 radical (unpaired) electrons. The molecule has 9 heteroatoms. The summed E-state index contributed by atoms with van der Waals surface area (Å²) in [6, 6.07) is 1.17. The highest BCUT2D eigenvalue weighted by Gasteiger charge is 2.33. The van der Waals surface area contributed by atoms with Gasteiger partial charge in [-0.3, -0.25) is 4.79 Å². The van der Waals surface area contributed by atoms with Crippen LogP contribution in [0.15, 0.2) is 17.2 Å². The third-order valence-electron chi connectivity index (χ3n) is 3.34. The predicted molar refractivity (Wildman–Crippen MR) is 71.5 cm³/mol. The summed E-state index contributed by atoms with van der Waals surface area (Å²) >= 11 is 0. The van der Waals surface area contributed by atoms with Crippen molar-refractivity contribution in [1.29, 1.82) is 0 Å². The quantitative estimate of drug-likeness (QED) is 0.849. The minimum Gasteiger partial charge on any atom is -0.336 e. The van der Waals surface area contributed by atoms with Gasteiger partial charge in [0.25, 0.3) is 12.3 Å². The lowest BCUT2D eigenvalue weighted by molar-refractivity contribution is 0.0732. The van der Waals surface area contributed by atoms with Crippen molar-refractivity contribution in [3.8, 4) is 0 Å². The molecule has 1 aliphatic rings. The summed E-state index contributed by atoms with van der Waals surface area (Å²) < 4.78 is 48.8. The maximum atomic E-state index is 12.6. The van der Waals surface area contributed by atoms with Crippen LogP contribution in [0.2, 0.25) is 0 Å². The van der Waals surface area contributed by atoms with Crippen LogP contribution >= 0.6 is 0 Å². The summed E-state index contributed by atoms with van der Waals surface area (Å²) in [5.74, 6) is -0.449. The maximum Gasteiger partial charge on any atom is 0.270 e. The molecule has 1 heterocycles. The van der Waals surface area contributed by atoms with Crippen molar-refractivity contribution < 1.29 is 22.0 Å². The molecule has 0 aliphatic heterocycles. The van der Waals surface area contributed by atoms with Gasteiger partial charge in [-0.25, -0.2) is 22.3 Å². The lowest BCUT2D eigenvalue weighted by Gasteiger charge is -2.21. The Labute approximate surface area is 121 Å². The van der Waals surface area contributed by atoms with Crippen LogP contribution in [-0.4, -0.2) is 42.8 Å². The Balaban J connectivity index is 2.39. The number of hydrogen-bond donors (Lipinski definition) is 1. The molecule has 0 spiro atoms. The third-order valence-corrected chi connectivity index (χ3v) is 4.22. The second-order valence-electron chi connectivity index (χ2n) is 4.97. The third kappa shape index (κ3) is 3.59. The van der Waals surface area contributed by atoms with Crippen LogP contribution in [0.5, 0.6) is 0 Å². The van der Waals surface area contributed by atoms with Gasteiger partial charge in [0.2, 0.25) is 10.0 Å². The first-order valence-corrected chi connectivity index (χ1v) is 8.10. The number of nitrogens with zero attached hydrogens (tertiary/aromatic N) is 2. The average Bonchev–Trinajstić information content (AvgIpc) is 3.08. The van der Waals surface area contributed by atoms with Crippen LogP contribution in [0.3, 0.4) is 0 Å². The van der Waals surface area contributed by atoms with Crippen molar-refractivity contribution in [2.45, 2.75) is 43.7 Å². The monoisotopic (exact) mass is 321 g/mol. The Morgan fingerprint density at radius 3 is 2.57 bits per heavy atom. The summed E-state index contributed by atoms with van der Waals surface area (Å²) in [5, 5.41) is 5.00. The van der Waals surface area contributed by atoms with E-state index in [0.29, 0.717) is 6.54 Å². The Morgan fingerprint density at radius 2 is 2.14 bits per heavy atom. The molecular weight excluding hydrogens is 304 g/mol. The standard InChI is InChI=1S/C12H17F2N3O3S/c1-2-17(8-3-4-8)12(18)10-5-9(21(15,19)20)6-16(10)7-11(13)14/h5-6,8,11H,2-4,7H2,1H3,(H2,15,19,20). The van der Waals surface area contributed by atoms with E-state index in [1.165, 1.54) is 0 Å². The van der Waals surface area contributed by atoms with Crippen LogP contribution in [-0.2, 0) is 16.6 Å². The zero-order valence-corrected chi connectivity index (χ0v) is 12.3. The summed E-state index contributed by atoms with van der Waals surface area (Å²) in [4.78, 5) is 13.6. The number of amides is 1. The zero-order valence-electron chi connectivity index (χ0n) is 11.5. The van der Waals surface area contributed by atoms with Gasteiger partial charge in [0.1, 0.15) is 10.6 Å². The topological polar surface area (TPSA) is 85.4 Å². The highest BCUT2D eigenvalue weighted by Crippen LogP contribution is 2.28. The fourth-order valence-corrected chi connectivity index (χ4v) is 2.77. The smallest absolute Gasteiger partial charge is 0.270 e. The van der Waals surface area contributed by atoms with Gasteiger partial charge in [-0.05, 0) is 25.8 Å². The molecule has 1 aromatic heterocycles. The molecule has 1 aliphatic carbocycles. The number of carbonyl (C=O) groups is 1. The van der Waals surface area contributed by atoms with Gasteiger partial charge in [0.05, 0.1) is 6.54 Å². The van der Waals surface area contributed by atoms with E-state index in [2.05, 4.69) is 0 Å². The van der Waals surface area contributed by atoms with Gasteiger partial charge in [-0.15, -0.1) is 0 Å². The van der Waals surface area contributed by atoms with Gasteiger partial charge in [0.15, 0.2) is 0 Å². The number of alkyl halides is 2. The molecule has 0 unspecified atom stereocenters. The molecule has 118 valence electrons. The van der Waals surface area contributed by atoms with Crippen molar-refractivity contribution in [1.82, 2.24) is 9.47 Å². The van der Waals surface area contributed by atoms with Crippen LogP contribution in [0, 0.1) is 0 Å². The molecule has 21 heavy (non-hydrogen) atoms. The van der Waals surface area contributed by atoms with E-state index in [9.17, 15) is 22.0 Å². The molecule has 2 rings (SSSR count). The molecule has 1 saturated carbocycles. The fraction of sp³-hybridized carbons (Fsp3) is 0.583. The van der Waals surface area contributed by atoms with Gasteiger partial charge in [-0.2, -0.15) is 0 Å². The van der Waals surface area contributed by atoms with Crippen molar-refractivity contribution >= 4 is 15.9 Å². The van der Waals surface area contributed by atoms with E-state index in [1.807, 2.05) is 0 Å². The summed E-state index contributed by atoms with van der Waals surface area (Å²) in [5.41, 5.74) is -0.0759. The number of carbonyl (C=O) groups excluding carboxylic acids is 1. The normalized spacial score (nSPS) is 15.5. The van der Waals surface area contributed by atoms with Gasteiger partial charge in [0, 0.05) is 18.8 Å². The number of sulfonamides is 1. The van der Waals surface area contributed by atoms with Crippen LogP contribution in [0.1, 0.15) is 30.3 Å². The minimum absolute atomic E-state index is 0.0759. The van der Waals surface area contributed by atoms with Gasteiger partial charge >= 0.3 is 0 Å². The first-order chi connectivity index (χ1) is 9.74. The number of nitrogens with two attached hydrogens (primary N) is 1.